The summed E-state index contributed by atoms with van der Waals surface area (Å²) in [6.07, 6.45) is 0.859. The largest absolute Gasteiger partial charge is 0.493 e. The van der Waals surface area contributed by atoms with Gasteiger partial charge < -0.3 is 24.8 Å². The van der Waals surface area contributed by atoms with Gasteiger partial charge in [-0.2, -0.15) is 0 Å². The lowest BCUT2D eigenvalue weighted by molar-refractivity contribution is 0.172. The van der Waals surface area contributed by atoms with Crippen molar-refractivity contribution in [2.24, 2.45) is 4.99 Å². The van der Waals surface area contributed by atoms with Gasteiger partial charge in [-0.3, -0.25) is 0 Å². The molecule has 0 unspecified atom stereocenters. The molecule has 2 aromatic rings. The summed E-state index contributed by atoms with van der Waals surface area (Å²) in [6, 6.07) is 14.5. The van der Waals surface area contributed by atoms with Crippen LogP contribution in [-0.2, 0) is 29.2 Å². The van der Waals surface area contributed by atoms with Crippen molar-refractivity contribution < 1.29 is 14.2 Å². The van der Waals surface area contributed by atoms with Crippen molar-refractivity contribution in [1.82, 2.24) is 10.6 Å². The van der Waals surface area contributed by atoms with Crippen molar-refractivity contribution >= 4 is 29.9 Å². The van der Waals surface area contributed by atoms with Crippen LogP contribution in [0.2, 0.25) is 0 Å². The molecule has 0 aromatic heterocycles. The van der Waals surface area contributed by atoms with Gasteiger partial charge in [0.05, 0.1) is 19.8 Å². The van der Waals surface area contributed by atoms with E-state index < -0.39 is 0 Å². The van der Waals surface area contributed by atoms with E-state index in [2.05, 4.69) is 54.8 Å². The van der Waals surface area contributed by atoms with E-state index in [0.29, 0.717) is 32.9 Å². The van der Waals surface area contributed by atoms with Crippen LogP contribution in [0.4, 0.5) is 0 Å². The van der Waals surface area contributed by atoms with Gasteiger partial charge in [-0.15, -0.1) is 24.0 Å². The first-order valence-electron chi connectivity index (χ1n) is 10.5. The summed E-state index contributed by atoms with van der Waals surface area (Å²) in [5, 5.41) is 6.74. The molecule has 2 rings (SSSR count). The zero-order chi connectivity index (χ0) is 21.6. The normalized spacial score (nSPS) is 11.0. The van der Waals surface area contributed by atoms with Crippen LogP contribution >= 0.6 is 24.0 Å². The fourth-order valence-electron chi connectivity index (χ4n) is 3.02. The van der Waals surface area contributed by atoms with E-state index in [4.69, 9.17) is 19.2 Å². The van der Waals surface area contributed by atoms with E-state index in [-0.39, 0.29) is 24.0 Å². The van der Waals surface area contributed by atoms with Crippen LogP contribution in [0.15, 0.2) is 47.5 Å². The summed E-state index contributed by atoms with van der Waals surface area (Å²) in [4.78, 5) is 4.77. The molecular formula is C24H36IN3O3. The molecule has 0 radical (unpaired) electrons. The lowest BCUT2D eigenvalue weighted by Crippen LogP contribution is -2.37. The molecule has 7 heteroatoms. The van der Waals surface area contributed by atoms with Crippen LogP contribution in [0.3, 0.4) is 0 Å². The maximum atomic E-state index is 5.98. The number of rotatable bonds is 12. The molecule has 0 bridgehead atoms. The average Bonchev–Trinajstić information content (AvgIpc) is 2.75. The topological polar surface area (TPSA) is 64.1 Å². The molecule has 2 N–H and O–H groups in total. The summed E-state index contributed by atoms with van der Waals surface area (Å²) in [5.74, 6) is 1.66. The van der Waals surface area contributed by atoms with Gasteiger partial charge in [-0.1, -0.05) is 36.4 Å². The van der Waals surface area contributed by atoms with E-state index in [1.807, 2.05) is 12.1 Å². The Morgan fingerprint density at radius 3 is 2.42 bits per heavy atom. The Balaban J connectivity index is 0.00000480. The fourth-order valence-corrected chi connectivity index (χ4v) is 3.02. The molecule has 0 heterocycles. The summed E-state index contributed by atoms with van der Waals surface area (Å²) in [5.41, 5.74) is 4.61. The van der Waals surface area contributed by atoms with Crippen molar-refractivity contribution in [3.8, 4) is 5.75 Å². The number of nitrogens with one attached hydrogen (secondary N) is 2. The first kappa shape index (κ1) is 27.2. The maximum absolute atomic E-state index is 5.98. The Morgan fingerprint density at radius 2 is 1.71 bits per heavy atom. The highest BCUT2D eigenvalue weighted by atomic mass is 127. The van der Waals surface area contributed by atoms with Crippen molar-refractivity contribution in [3.63, 3.8) is 0 Å². The van der Waals surface area contributed by atoms with Gasteiger partial charge in [0, 0.05) is 45.9 Å². The number of aryl methyl sites for hydroxylation is 1. The number of benzene rings is 2. The molecule has 0 saturated carbocycles. The Morgan fingerprint density at radius 1 is 0.935 bits per heavy atom. The van der Waals surface area contributed by atoms with Gasteiger partial charge in [-0.05, 0) is 36.6 Å². The smallest absolute Gasteiger partial charge is 0.191 e. The SMILES string of the molecule is CCNC(=NCc1ccc(C)cc1OCCCOC)NCc1ccccc1COC.I. The van der Waals surface area contributed by atoms with Crippen LogP contribution in [0.25, 0.3) is 0 Å². The van der Waals surface area contributed by atoms with Gasteiger partial charge in [-0.25, -0.2) is 4.99 Å². The van der Waals surface area contributed by atoms with Crippen LogP contribution in [0, 0.1) is 6.92 Å². The Bertz CT molecular complexity index is 799. The highest BCUT2D eigenvalue weighted by Gasteiger charge is 2.07. The minimum Gasteiger partial charge on any atom is -0.493 e. The highest BCUT2D eigenvalue weighted by molar-refractivity contribution is 14.0. The number of guanidine groups is 1. The third-order valence-electron chi connectivity index (χ3n) is 4.59. The minimum absolute atomic E-state index is 0. The second-order valence-electron chi connectivity index (χ2n) is 7.06. The lowest BCUT2D eigenvalue weighted by atomic mass is 10.1. The van der Waals surface area contributed by atoms with Gasteiger partial charge >= 0.3 is 0 Å². The second kappa shape index (κ2) is 15.9. The van der Waals surface area contributed by atoms with Crippen LogP contribution in [0.5, 0.6) is 5.75 Å². The number of methoxy groups -OCH3 is 2. The second-order valence-corrected chi connectivity index (χ2v) is 7.06. The molecule has 0 saturated heterocycles. The van der Waals surface area contributed by atoms with Crippen molar-refractivity contribution in [3.05, 3.63) is 64.7 Å². The molecule has 0 amide bonds. The van der Waals surface area contributed by atoms with Crippen LogP contribution in [-0.4, -0.2) is 39.9 Å². The predicted octanol–water partition coefficient (Wildman–Crippen LogP) is 4.43. The molecule has 0 atom stereocenters. The molecule has 0 spiro atoms. The van der Waals surface area contributed by atoms with Crippen molar-refractivity contribution in [1.29, 1.82) is 0 Å². The minimum atomic E-state index is 0. The summed E-state index contributed by atoms with van der Waals surface area (Å²) < 4.78 is 16.4. The third-order valence-corrected chi connectivity index (χ3v) is 4.59. The summed E-state index contributed by atoms with van der Waals surface area (Å²) in [6.45, 7) is 8.05. The van der Waals surface area contributed by atoms with E-state index in [1.165, 1.54) is 16.7 Å². The van der Waals surface area contributed by atoms with Crippen molar-refractivity contribution in [2.75, 3.05) is 34.0 Å². The number of aliphatic imine (C=N–C) groups is 1. The Kier molecular flexibility index (Phi) is 13.9. The quantitative estimate of drug-likeness (QED) is 0.180. The predicted molar refractivity (Wildman–Crippen MR) is 137 cm³/mol. The molecule has 31 heavy (non-hydrogen) atoms. The van der Waals surface area contributed by atoms with E-state index >= 15 is 0 Å². The van der Waals surface area contributed by atoms with Crippen LogP contribution in [0.1, 0.15) is 35.6 Å². The standard InChI is InChI=1S/C24H35N3O3.HI/c1-5-25-24(26-16-20-9-6-7-10-22(20)18-29-4)27-17-21-12-11-19(2)15-23(21)30-14-8-13-28-3;/h6-7,9-12,15H,5,8,13-14,16-18H2,1-4H3,(H2,25,26,27);1H. The molecular weight excluding hydrogens is 505 g/mol. The van der Waals surface area contributed by atoms with Gasteiger partial charge in [0.15, 0.2) is 5.96 Å². The highest BCUT2D eigenvalue weighted by Crippen LogP contribution is 2.21. The monoisotopic (exact) mass is 541 g/mol. The third kappa shape index (κ3) is 9.88. The van der Waals surface area contributed by atoms with Gasteiger partial charge in [0.2, 0.25) is 0 Å². The number of hydrogen-bond acceptors (Lipinski definition) is 4. The number of nitrogens with zero attached hydrogens (tertiary/aromatic N) is 1. The molecule has 2 aromatic carbocycles. The van der Waals surface area contributed by atoms with E-state index in [0.717, 1.165) is 30.2 Å². The maximum Gasteiger partial charge on any atom is 0.191 e. The van der Waals surface area contributed by atoms with Gasteiger partial charge in [0.1, 0.15) is 5.75 Å². The fraction of sp³-hybridized carbons (Fsp3) is 0.458. The molecule has 0 aliphatic heterocycles. The van der Waals surface area contributed by atoms with E-state index in [9.17, 15) is 0 Å². The Labute approximate surface area is 203 Å². The first-order chi connectivity index (χ1) is 14.7. The van der Waals surface area contributed by atoms with Crippen LogP contribution < -0.4 is 15.4 Å². The summed E-state index contributed by atoms with van der Waals surface area (Å²) in [7, 11) is 3.42. The first-order valence-corrected chi connectivity index (χ1v) is 10.5. The van der Waals surface area contributed by atoms with E-state index in [1.54, 1.807) is 14.2 Å². The molecule has 0 aliphatic carbocycles. The lowest BCUT2D eigenvalue weighted by Gasteiger charge is -2.15. The average molecular weight is 541 g/mol. The number of hydrogen-bond donors (Lipinski definition) is 2. The number of ether oxygens (including phenoxy) is 3. The zero-order valence-electron chi connectivity index (χ0n) is 19.1. The molecule has 0 aliphatic rings. The molecule has 172 valence electrons. The zero-order valence-corrected chi connectivity index (χ0v) is 21.4. The van der Waals surface area contributed by atoms with Gasteiger partial charge in [0.25, 0.3) is 0 Å². The number of halogens is 1. The van der Waals surface area contributed by atoms with Crippen molar-refractivity contribution in [2.45, 2.75) is 40.0 Å². The molecule has 0 fully saturated rings. The molecule has 6 nitrogen and oxygen atoms in total. The Hall–Kier alpha value is -1.84. The summed E-state index contributed by atoms with van der Waals surface area (Å²) >= 11 is 0.